The molecule has 2 saturated heterocycles. The van der Waals surface area contributed by atoms with Crippen molar-refractivity contribution in [3.05, 3.63) is 24.3 Å². The molecular formula is C20H26N4O5S2. The van der Waals surface area contributed by atoms with Gasteiger partial charge in [-0.05, 0) is 43.9 Å². The molecular weight excluding hydrogens is 440 g/mol. The summed E-state index contributed by atoms with van der Waals surface area (Å²) in [5.41, 5.74) is 0.528. The number of piperidine rings is 1. The Morgan fingerprint density at radius 1 is 1.19 bits per heavy atom. The molecule has 168 valence electrons. The lowest BCUT2D eigenvalue weighted by Gasteiger charge is -2.25. The third kappa shape index (κ3) is 5.65. The highest BCUT2D eigenvalue weighted by molar-refractivity contribution is 7.99. The number of carbonyl (C=O) groups excluding carboxylic acids is 1. The van der Waals surface area contributed by atoms with Gasteiger partial charge in [0.05, 0.1) is 16.8 Å². The molecule has 2 fully saturated rings. The lowest BCUT2D eigenvalue weighted by Crippen LogP contribution is -2.35. The topological polar surface area (TPSA) is 115 Å². The zero-order valence-corrected chi connectivity index (χ0v) is 18.8. The summed E-state index contributed by atoms with van der Waals surface area (Å²) in [5, 5.41) is 11.1. The molecule has 4 rings (SSSR count). The van der Waals surface area contributed by atoms with Crippen molar-refractivity contribution in [1.29, 1.82) is 0 Å². The number of hydrogen-bond acceptors (Lipinski definition) is 8. The fourth-order valence-electron chi connectivity index (χ4n) is 3.64. The molecule has 1 amide bonds. The van der Waals surface area contributed by atoms with E-state index in [0.717, 1.165) is 50.5 Å². The van der Waals surface area contributed by atoms with E-state index in [4.69, 9.17) is 9.15 Å². The van der Waals surface area contributed by atoms with E-state index in [0.29, 0.717) is 25.2 Å². The van der Waals surface area contributed by atoms with Gasteiger partial charge in [0.25, 0.3) is 5.22 Å². The number of nitrogens with zero attached hydrogens (tertiary/aromatic N) is 3. The lowest BCUT2D eigenvalue weighted by molar-refractivity contribution is -0.119. The largest absolute Gasteiger partial charge is 0.411 e. The number of thioether (sulfide) groups is 1. The molecule has 1 unspecified atom stereocenters. The number of ether oxygens (including phenoxy) is 1. The first kappa shape index (κ1) is 22.3. The second kappa shape index (κ2) is 10.1. The molecule has 2 aromatic rings. The Kier molecular flexibility index (Phi) is 7.26. The predicted molar refractivity (Wildman–Crippen MR) is 115 cm³/mol. The normalized spacial score (nSPS) is 20.1. The van der Waals surface area contributed by atoms with E-state index in [2.05, 4.69) is 15.5 Å². The van der Waals surface area contributed by atoms with E-state index in [-0.39, 0.29) is 33.8 Å². The van der Waals surface area contributed by atoms with Crippen LogP contribution in [0.15, 0.2) is 38.8 Å². The van der Waals surface area contributed by atoms with Crippen molar-refractivity contribution < 1.29 is 22.4 Å². The Hall–Kier alpha value is -1.95. The van der Waals surface area contributed by atoms with Crippen molar-refractivity contribution >= 4 is 27.7 Å². The Bertz CT molecular complexity index is 999. The molecule has 3 heterocycles. The van der Waals surface area contributed by atoms with Crippen molar-refractivity contribution in [2.45, 2.75) is 48.3 Å². The zero-order chi connectivity index (χ0) is 21.7. The number of hydrogen-bond donors (Lipinski definition) is 1. The molecule has 0 aliphatic carbocycles. The van der Waals surface area contributed by atoms with Gasteiger partial charge in [-0.3, -0.25) is 4.79 Å². The second-order valence-electron chi connectivity index (χ2n) is 7.59. The molecule has 0 bridgehead atoms. The van der Waals surface area contributed by atoms with E-state index in [1.807, 2.05) is 0 Å². The number of aromatic nitrogens is 2. The van der Waals surface area contributed by atoms with Crippen LogP contribution >= 0.6 is 11.8 Å². The quantitative estimate of drug-likeness (QED) is 0.590. The van der Waals surface area contributed by atoms with Crippen LogP contribution in [0.25, 0.3) is 11.5 Å². The molecule has 2 aliphatic rings. The van der Waals surface area contributed by atoms with Crippen LogP contribution in [-0.2, 0) is 19.6 Å². The number of sulfonamides is 1. The third-order valence-electron chi connectivity index (χ3n) is 5.32. The van der Waals surface area contributed by atoms with Crippen LogP contribution in [0.2, 0.25) is 0 Å². The van der Waals surface area contributed by atoms with Gasteiger partial charge in [0.1, 0.15) is 0 Å². The van der Waals surface area contributed by atoms with Gasteiger partial charge in [-0.1, -0.05) is 24.2 Å². The summed E-state index contributed by atoms with van der Waals surface area (Å²) in [6.07, 6.45) is 4.90. The summed E-state index contributed by atoms with van der Waals surface area (Å²) >= 11 is 1.14. The molecule has 31 heavy (non-hydrogen) atoms. The first-order valence-electron chi connectivity index (χ1n) is 10.5. The summed E-state index contributed by atoms with van der Waals surface area (Å²) in [6.45, 7) is 2.35. The van der Waals surface area contributed by atoms with Crippen molar-refractivity contribution in [3.8, 4) is 11.5 Å². The first-order valence-corrected chi connectivity index (χ1v) is 12.9. The van der Waals surface area contributed by atoms with Crippen LogP contribution in [-0.4, -0.2) is 66.9 Å². The van der Waals surface area contributed by atoms with E-state index in [1.165, 1.54) is 4.31 Å². The molecule has 0 radical (unpaired) electrons. The highest BCUT2D eigenvalue weighted by atomic mass is 32.2. The Morgan fingerprint density at radius 3 is 2.81 bits per heavy atom. The first-order chi connectivity index (χ1) is 15.0. The zero-order valence-electron chi connectivity index (χ0n) is 17.2. The van der Waals surface area contributed by atoms with Crippen LogP contribution < -0.4 is 5.32 Å². The lowest BCUT2D eigenvalue weighted by atomic mass is 10.2. The molecule has 9 nitrogen and oxygen atoms in total. The summed E-state index contributed by atoms with van der Waals surface area (Å²) in [5.74, 6) is 0.241. The molecule has 1 aromatic heterocycles. The minimum absolute atomic E-state index is 0.0949. The maximum atomic E-state index is 12.9. The second-order valence-corrected chi connectivity index (χ2v) is 10.5. The molecule has 11 heteroatoms. The molecule has 0 spiro atoms. The standard InChI is InChI=1S/C20H26N4O5S2/c25-18(21-13-16-7-5-11-28-16)14-30-20-23-22-19(29-20)15-6-4-8-17(12-15)31(26,27)24-9-2-1-3-10-24/h4,6,8,12,16H,1-3,5,7,9-11,13-14H2,(H,21,25). The van der Waals surface area contributed by atoms with Gasteiger partial charge in [-0.25, -0.2) is 8.42 Å². The van der Waals surface area contributed by atoms with E-state index in [1.54, 1.807) is 24.3 Å². The van der Waals surface area contributed by atoms with Crippen LogP contribution in [0.3, 0.4) is 0 Å². The average Bonchev–Trinajstić information content (AvgIpc) is 3.49. The maximum Gasteiger partial charge on any atom is 0.277 e. The monoisotopic (exact) mass is 466 g/mol. The SMILES string of the molecule is O=C(CSc1nnc(-c2cccc(S(=O)(=O)N3CCCCC3)c2)o1)NCC1CCCO1. The molecule has 1 aromatic carbocycles. The Labute approximate surface area is 186 Å². The Morgan fingerprint density at radius 2 is 2.03 bits per heavy atom. The van der Waals surface area contributed by atoms with Crippen LogP contribution in [0.4, 0.5) is 0 Å². The van der Waals surface area contributed by atoms with Crippen LogP contribution in [0, 0.1) is 0 Å². The highest BCUT2D eigenvalue weighted by Crippen LogP contribution is 2.27. The van der Waals surface area contributed by atoms with Gasteiger partial charge < -0.3 is 14.5 Å². The predicted octanol–water partition coefficient (Wildman–Crippen LogP) is 2.30. The average molecular weight is 467 g/mol. The van der Waals surface area contributed by atoms with E-state index < -0.39 is 10.0 Å². The minimum Gasteiger partial charge on any atom is -0.411 e. The smallest absolute Gasteiger partial charge is 0.277 e. The van der Waals surface area contributed by atoms with Gasteiger partial charge in [-0.2, -0.15) is 4.31 Å². The van der Waals surface area contributed by atoms with Gasteiger partial charge in [-0.15, -0.1) is 10.2 Å². The van der Waals surface area contributed by atoms with Gasteiger partial charge >= 0.3 is 0 Å². The fraction of sp³-hybridized carbons (Fsp3) is 0.550. The number of carbonyl (C=O) groups is 1. The van der Waals surface area contributed by atoms with E-state index >= 15 is 0 Å². The summed E-state index contributed by atoms with van der Waals surface area (Å²) in [6, 6.07) is 6.53. The highest BCUT2D eigenvalue weighted by Gasteiger charge is 2.26. The summed E-state index contributed by atoms with van der Waals surface area (Å²) in [4.78, 5) is 12.2. The molecule has 2 aliphatic heterocycles. The molecule has 0 saturated carbocycles. The van der Waals surface area contributed by atoms with E-state index in [9.17, 15) is 13.2 Å². The van der Waals surface area contributed by atoms with Crippen molar-refractivity contribution in [3.63, 3.8) is 0 Å². The van der Waals surface area contributed by atoms with Crippen molar-refractivity contribution in [2.75, 3.05) is 32.0 Å². The number of nitrogens with one attached hydrogen (secondary N) is 1. The Balaban J connectivity index is 1.36. The number of amides is 1. The van der Waals surface area contributed by atoms with Crippen LogP contribution in [0.1, 0.15) is 32.1 Å². The third-order valence-corrected chi connectivity index (χ3v) is 8.03. The minimum atomic E-state index is -3.55. The summed E-state index contributed by atoms with van der Waals surface area (Å²) in [7, 11) is -3.55. The maximum absolute atomic E-state index is 12.9. The number of rotatable bonds is 8. The van der Waals surface area contributed by atoms with Crippen LogP contribution in [0.5, 0.6) is 0 Å². The van der Waals surface area contributed by atoms with Gasteiger partial charge in [0.2, 0.25) is 21.8 Å². The summed E-state index contributed by atoms with van der Waals surface area (Å²) < 4.78 is 38.5. The number of benzene rings is 1. The van der Waals surface area contributed by atoms with Gasteiger partial charge in [0, 0.05) is 31.8 Å². The van der Waals surface area contributed by atoms with Gasteiger partial charge in [0.15, 0.2) is 0 Å². The fourth-order valence-corrected chi connectivity index (χ4v) is 5.80. The van der Waals surface area contributed by atoms with Crippen molar-refractivity contribution in [2.24, 2.45) is 0 Å². The van der Waals surface area contributed by atoms with Crippen molar-refractivity contribution in [1.82, 2.24) is 19.8 Å². The molecule has 1 N–H and O–H groups in total. The molecule has 1 atom stereocenters.